The average Bonchev–Trinajstić information content (AvgIpc) is 2.59. The second kappa shape index (κ2) is 8.89. The van der Waals surface area contributed by atoms with Gasteiger partial charge in [0.05, 0.1) is 0 Å². The standard InChI is InChI=1S/C24H34S2/c1-6-8-15-23(5,19(4)22(26)18(3)12-7-2)24(16-11-17-24)20-13-9-10-14-21(20)25/h9-14,16,25-26H,6-8,15,17H2,1-5H3/b18-12-,22-19-/t23?,24-/m1/s1. The number of benzene rings is 1. The molecule has 0 nitrogen and oxygen atoms in total. The first-order valence-electron chi connectivity index (χ1n) is 9.87. The molecule has 0 amide bonds. The number of hydrogen-bond acceptors (Lipinski definition) is 2. The van der Waals surface area contributed by atoms with Gasteiger partial charge in [0.1, 0.15) is 0 Å². The summed E-state index contributed by atoms with van der Waals surface area (Å²) in [6, 6.07) is 8.60. The summed E-state index contributed by atoms with van der Waals surface area (Å²) in [4.78, 5) is 2.25. The van der Waals surface area contributed by atoms with Crippen molar-refractivity contribution in [2.24, 2.45) is 5.41 Å². The van der Waals surface area contributed by atoms with Crippen molar-refractivity contribution in [2.75, 3.05) is 0 Å². The monoisotopic (exact) mass is 386 g/mol. The summed E-state index contributed by atoms with van der Waals surface area (Å²) >= 11 is 9.79. The smallest absolute Gasteiger partial charge is 0.0269 e. The molecule has 0 N–H and O–H groups in total. The summed E-state index contributed by atoms with van der Waals surface area (Å²) in [7, 11) is 0. The van der Waals surface area contributed by atoms with E-state index in [9.17, 15) is 0 Å². The van der Waals surface area contributed by atoms with Gasteiger partial charge in [-0.05, 0) is 50.3 Å². The van der Waals surface area contributed by atoms with E-state index in [0.717, 1.165) is 29.1 Å². The molecule has 0 bridgehead atoms. The van der Waals surface area contributed by atoms with Crippen LogP contribution in [0, 0.1) is 5.41 Å². The number of rotatable bonds is 8. The summed E-state index contributed by atoms with van der Waals surface area (Å²) in [5, 5.41) is 0. The molecule has 2 atom stereocenters. The lowest BCUT2D eigenvalue weighted by Crippen LogP contribution is -2.47. The lowest BCUT2D eigenvalue weighted by molar-refractivity contribution is 0.190. The summed E-state index contributed by atoms with van der Waals surface area (Å²) in [6.07, 6.45) is 12.7. The van der Waals surface area contributed by atoms with Gasteiger partial charge in [-0.1, -0.05) is 75.6 Å². The quantitative estimate of drug-likeness (QED) is 0.253. The van der Waals surface area contributed by atoms with Crippen LogP contribution in [0.5, 0.6) is 0 Å². The molecule has 0 aliphatic heterocycles. The Morgan fingerprint density at radius 3 is 2.38 bits per heavy atom. The summed E-state index contributed by atoms with van der Waals surface area (Å²) < 4.78 is 0. The summed E-state index contributed by atoms with van der Waals surface area (Å²) in [5.74, 6) is 0. The molecule has 0 saturated heterocycles. The molecule has 0 heterocycles. The highest BCUT2D eigenvalue weighted by Crippen LogP contribution is 2.59. The first kappa shape index (κ1) is 21.4. The minimum Gasteiger partial charge on any atom is -0.143 e. The predicted molar refractivity (Wildman–Crippen MR) is 122 cm³/mol. The van der Waals surface area contributed by atoms with Gasteiger partial charge in [0.2, 0.25) is 0 Å². The summed E-state index contributed by atoms with van der Waals surface area (Å²) in [6.45, 7) is 11.4. The number of thiol groups is 2. The maximum absolute atomic E-state index is 4.97. The Morgan fingerprint density at radius 2 is 1.88 bits per heavy atom. The second-order valence-electron chi connectivity index (χ2n) is 7.80. The van der Waals surface area contributed by atoms with Crippen molar-refractivity contribution in [3.63, 3.8) is 0 Å². The largest absolute Gasteiger partial charge is 0.143 e. The van der Waals surface area contributed by atoms with Gasteiger partial charge in [0.15, 0.2) is 0 Å². The third-order valence-electron chi connectivity index (χ3n) is 6.31. The molecule has 0 fully saturated rings. The first-order valence-corrected chi connectivity index (χ1v) is 10.8. The molecule has 26 heavy (non-hydrogen) atoms. The van der Waals surface area contributed by atoms with E-state index in [0.29, 0.717) is 0 Å². The second-order valence-corrected chi connectivity index (χ2v) is 8.73. The molecule has 142 valence electrons. The first-order chi connectivity index (χ1) is 12.3. The van der Waals surface area contributed by atoms with E-state index in [1.807, 2.05) is 0 Å². The Kier molecular flexibility index (Phi) is 7.33. The number of hydrogen-bond donors (Lipinski definition) is 2. The fourth-order valence-electron chi connectivity index (χ4n) is 4.35. The highest BCUT2D eigenvalue weighted by atomic mass is 32.1. The minimum absolute atomic E-state index is 0.00503. The van der Waals surface area contributed by atoms with Crippen molar-refractivity contribution in [1.82, 2.24) is 0 Å². The highest BCUT2D eigenvalue weighted by molar-refractivity contribution is 7.84. The Labute approximate surface area is 171 Å². The van der Waals surface area contributed by atoms with Crippen LogP contribution in [0.15, 0.2) is 63.4 Å². The third-order valence-corrected chi connectivity index (χ3v) is 7.39. The van der Waals surface area contributed by atoms with Crippen molar-refractivity contribution < 1.29 is 0 Å². The van der Waals surface area contributed by atoms with E-state index >= 15 is 0 Å². The Balaban J connectivity index is 2.66. The molecule has 1 aromatic carbocycles. The van der Waals surface area contributed by atoms with E-state index in [1.54, 1.807) is 0 Å². The van der Waals surface area contributed by atoms with Crippen LogP contribution < -0.4 is 0 Å². The van der Waals surface area contributed by atoms with Crippen LogP contribution in [0.4, 0.5) is 0 Å². The highest BCUT2D eigenvalue weighted by Gasteiger charge is 2.51. The van der Waals surface area contributed by atoms with Crippen molar-refractivity contribution in [2.45, 2.75) is 77.0 Å². The van der Waals surface area contributed by atoms with Gasteiger partial charge in [0.25, 0.3) is 0 Å². The molecule has 1 aliphatic carbocycles. The van der Waals surface area contributed by atoms with Gasteiger partial charge in [-0.25, -0.2) is 0 Å². The molecule has 1 aliphatic rings. The van der Waals surface area contributed by atoms with Gasteiger partial charge in [-0.2, -0.15) is 0 Å². The SMILES string of the molecule is CC/C=C(C)\C(S)=C(/C)C(C)(CCCC)[C@]1(c2ccccc2S)C=CC1. The van der Waals surface area contributed by atoms with Crippen LogP contribution in [-0.2, 0) is 5.41 Å². The molecule has 0 saturated carbocycles. The molecule has 1 unspecified atom stereocenters. The molecular formula is C24H34S2. The van der Waals surface area contributed by atoms with Gasteiger partial charge < -0.3 is 0 Å². The molecule has 1 aromatic rings. The Morgan fingerprint density at radius 1 is 1.23 bits per heavy atom. The van der Waals surface area contributed by atoms with Crippen LogP contribution in [-0.4, -0.2) is 0 Å². The molecule has 0 radical (unpaired) electrons. The van der Waals surface area contributed by atoms with Crippen molar-refractivity contribution >= 4 is 25.3 Å². The summed E-state index contributed by atoms with van der Waals surface area (Å²) in [5.41, 5.74) is 4.06. The van der Waals surface area contributed by atoms with Gasteiger partial charge in [-0.15, -0.1) is 25.3 Å². The Hall–Kier alpha value is -0.860. The van der Waals surface area contributed by atoms with Gasteiger partial charge in [-0.3, -0.25) is 0 Å². The van der Waals surface area contributed by atoms with Crippen molar-refractivity contribution in [1.29, 1.82) is 0 Å². The van der Waals surface area contributed by atoms with Gasteiger partial charge >= 0.3 is 0 Å². The van der Waals surface area contributed by atoms with Crippen LogP contribution in [0.2, 0.25) is 0 Å². The van der Waals surface area contributed by atoms with E-state index in [1.165, 1.54) is 29.6 Å². The van der Waals surface area contributed by atoms with Crippen LogP contribution in [0.1, 0.15) is 72.3 Å². The molecule has 0 spiro atoms. The molecule has 2 rings (SSSR count). The van der Waals surface area contributed by atoms with Crippen LogP contribution >= 0.6 is 25.3 Å². The lowest BCUT2D eigenvalue weighted by atomic mass is 9.51. The maximum Gasteiger partial charge on any atom is 0.0269 e. The van der Waals surface area contributed by atoms with Crippen LogP contribution in [0.3, 0.4) is 0 Å². The zero-order valence-electron chi connectivity index (χ0n) is 17.0. The lowest BCUT2D eigenvalue weighted by Gasteiger charge is -2.53. The Bertz CT molecular complexity index is 725. The fourth-order valence-corrected chi connectivity index (χ4v) is 5.04. The van der Waals surface area contributed by atoms with Crippen molar-refractivity contribution in [3.05, 3.63) is 64.1 Å². The van der Waals surface area contributed by atoms with E-state index in [4.69, 9.17) is 25.3 Å². The molecule has 2 heteroatoms. The predicted octanol–water partition coefficient (Wildman–Crippen LogP) is 7.93. The van der Waals surface area contributed by atoms with Crippen LogP contribution in [0.25, 0.3) is 0 Å². The molecular weight excluding hydrogens is 352 g/mol. The zero-order valence-corrected chi connectivity index (χ0v) is 18.8. The van der Waals surface area contributed by atoms with E-state index in [2.05, 4.69) is 77.1 Å². The maximum atomic E-state index is 4.97. The number of unbranched alkanes of at least 4 members (excludes halogenated alkanes) is 1. The van der Waals surface area contributed by atoms with E-state index in [-0.39, 0.29) is 10.8 Å². The fraction of sp³-hybridized carbons (Fsp3) is 0.500. The molecule has 0 aromatic heterocycles. The average molecular weight is 387 g/mol. The zero-order chi connectivity index (χ0) is 19.4. The normalized spacial score (nSPS) is 23.3. The van der Waals surface area contributed by atoms with E-state index < -0.39 is 0 Å². The van der Waals surface area contributed by atoms with Gasteiger partial charge in [0, 0.05) is 20.6 Å². The topological polar surface area (TPSA) is 0 Å². The number of allylic oxidation sites excluding steroid dienone is 5. The third kappa shape index (κ3) is 3.73. The minimum atomic E-state index is 0.00503. The van der Waals surface area contributed by atoms with Crippen molar-refractivity contribution in [3.8, 4) is 0 Å².